The molecule has 0 saturated heterocycles. The van der Waals surface area contributed by atoms with Gasteiger partial charge in [-0.05, 0) is 21.0 Å². The van der Waals surface area contributed by atoms with E-state index in [-0.39, 0.29) is 26.2 Å². The van der Waals surface area contributed by atoms with Gasteiger partial charge in [0.1, 0.15) is 0 Å². The first kappa shape index (κ1) is 16.8. The van der Waals surface area contributed by atoms with Gasteiger partial charge in [-0.15, -0.1) is 0 Å². The molecule has 8 nitrogen and oxygen atoms in total. The average Bonchev–Trinajstić information content (AvgIpc) is 2.24. The Balaban J connectivity index is 4.40. The smallest absolute Gasteiger partial charge is 0.299 e. The molecule has 1 unspecified atom stereocenters. The number of amides is 2. The van der Waals surface area contributed by atoms with Crippen LogP contribution in [-0.4, -0.2) is 63.0 Å². The van der Waals surface area contributed by atoms with Crippen molar-refractivity contribution in [3.8, 4) is 0 Å². The average molecular weight is 261 g/mol. The highest BCUT2D eigenvalue weighted by Gasteiger charge is 2.32. The maximum absolute atomic E-state index is 12.1. The molecule has 1 radical (unpaired) electrons. The van der Waals surface area contributed by atoms with Crippen LogP contribution in [-0.2, 0) is 19.4 Å². The van der Waals surface area contributed by atoms with E-state index in [1.54, 1.807) is 25.9 Å². The van der Waals surface area contributed by atoms with Crippen molar-refractivity contribution in [2.45, 2.75) is 12.8 Å². The molecule has 0 aliphatic carbocycles. The van der Waals surface area contributed by atoms with Gasteiger partial charge in [-0.1, -0.05) is 0 Å². The maximum Gasteiger partial charge on any atom is 0.299 e. The lowest BCUT2D eigenvalue weighted by molar-refractivity contribution is -0.252. The summed E-state index contributed by atoms with van der Waals surface area (Å²) in [6, 6.07) is 0. The van der Waals surface area contributed by atoms with E-state index in [1.165, 1.54) is 0 Å². The van der Waals surface area contributed by atoms with Crippen LogP contribution in [0, 0.1) is 0 Å². The van der Waals surface area contributed by atoms with Gasteiger partial charge < -0.3 is 26.0 Å². The van der Waals surface area contributed by atoms with Crippen LogP contribution < -0.4 is 16.4 Å². The Labute approximate surface area is 106 Å². The quantitative estimate of drug-likeness (QED) is 0.431. The lowest BCUT2D eigenvalue weighted by Gasteiger charge is -2.27. The fourth-order valence-corrected chi connectivity index (χ4v) is 1.19. The highest BCUT2D eigenvalue weighted by molar-refractivity contribution is 5.79. The highest BCUT2D eigenvalue weighted by Crippen LogP contribution is 2.02. The van der Waals surface area contributed by atoms with Gasteiger partial charge in [-0.25, -0.2) is 0 Å². The van der Waals surface area contributed by atoms with Gasteiger partial charge in [0.2, 0.25) is 11.8 Å². The summed E-state index contributed by atoms with van der Waals surface area (Å²) >= 11 is 0. The van der Waals surface area contributed by atoms with Crippen LogP contribution in [0.25, 0.3) is 0 Å². The highest BCUT2D eigenvalue weighted by atomic mass is 16.6. The number of nitrogens with zero attached hydrogens (tertiary/aromatic N) is 1. The first-order valence-electron chi connectivity index (χ1n) is 5.60. The standard InChI is InChI=1S/C10H21N4O4/c1-4-18-10(17,7-12-8(15)5-11)13-9(16)6-14(2)3/h4-7,11H2,1-3H3,(H,12,15)(H,13,16). The Morgan fingerprint density at radius 3 is 2.39 bits per heavy atom. The minimum Gasteiger partial charge on any atom is -0.347 e. The third-order valence-corrected chi connectivity index (χ3v) is 1.87. The van der Waals surface area contributed by atoms with E-state index in [1.807, 2.05) is 0 Å². The molecule has 105 valence electrons. The zero-order valence-electron chi connectivity index (χ0n) is 11.0. The van der Waals surface area contributed by atoms with E-state index >= 15 is 0 Å². The molecule has 0 spiro atoms. The van der Waals surface area contributed by atoms with Crippen LogP contribution in [0.1, 0.15) is 6.92 Å². The molecule has 1 atom stereocenters. The van der Waals surface area contributed by atoms with Gasteiger partial charge in [0.25, 0.3) is 5.91 Å². The molecular weight excluding hydrogens is 240 g/mol. The molecule has 0 rings (SSSR count). The Kier molecular flexibility index (Phi) is 7.44. The Morgan fingerprint density at radius 2 is 1.94 bits per heavy atom. The third kappa shape index (κ3) is 7.17. The Bertz CT molecular complexity index is 285. The molecule has 8 heteroatoms. The summed E-state index contributed by atoms with van der Waals surface area (Å²) in [6.45, 7) is 1.19. The fraction of sp³-hybridized carbons (Fsp3) is 0.800. The van der Waals surface area contributed by atoms with Crippen molar-refractivity contribution < 1.29 is 19.4 Å². The van der Waals surface area contributed by atoms with Gasteiger partial charge in [-0.3, -0.25) is 9.59 Å². The number of hydrogen-bond acceptors (Lipinski definition) is 5. The zero-order valence-corrected chi connectivity index (χ0v) is 11.0. The molecular formula is C10H21N4O4. The predicted molar refractivity (Wildman–Crippen MR) is 63.8 cm³/mol. The molecule has 4 N–H and O–H groups in total. The second kappa shape index (κ2) is 7.98. The molecule has 0 aliphatic heterocycles. The normalized spacial score (nSPS) is 14.1. The van der Waals surface area contributed by atoms with Gasteiger partial charge in [0.05, 0.1) is 19.6 Å². The number of hydrogen-bond donors (Lipinski definition) is 3. The molecule has 0 heterocycles. The summed E-state index contributed by atoms with van der Waals surface area (Å²) in [5.74, 6) is -3.14. The molecule has 0 aromatic rings. The summed E-state index contributed by atoms with van der Waals surface area (Å²) in [4.78, 5) is 24.1. The number of carbonyl (C=O) groups is 2. The largest absolute Gasteiger partial charge is 0.347 e. The molecule has 0 fully saturated rings. The molecule has 0 aromatic carbocycles. The Morgan fingerprint density at radius 1 is 1.33 bits per heavy atom. The number of carbonyl (C=O) groups excluding carboxylic acids is 2. The van der Waals surface area contributed by atoms with Crippen LogP contribution in [0.15, 0.2) is 0 Å². The van der Waals surface area contributed by atoms with Crippen LogP contribution in [0.4, 0.5) is 0 Å². The van der Waals surface area contributed by atoms with Crippen LogP contribution >= 0.6 is 0 Å². The first-order valence-corrected chi connectivity index (χ1v) is 5.60. The van der Waals surface area contributed by atoms with Gasteiger partial charge >= 0.3 is 0 Å². The number of likely N-dealkylation sites (N-methyl/N-ethyl adjacent to an activating group) is 1. The van der Waals surface area contributed by atoms with Gasteiger partial charge in [-0.2, -0.15) is 5.11 Å². The SMILES string of the molecule is CCOC([O])(CNC(=O)CN)NC(=O)CN(C)C. The molecule has 0 aliphatic rings. The van der Waals surface area contributed by atoms with Crippen molar-refractivity contribution >= 4 is 11.8 Å². The molecule has 18 heavy (non-hydrogen) atoms. The lowest BCUT2D eigenvalue weighted by Crippen LogP contribution is -2.58. The topological polar surface area (TPSA) is 117 Å². The molecule has 0 bridgehead atoms. The molecule has 0 aromatic heterocycles. The summed E-state index contributed by atoms with van der Waals surface area (Å²) in [7, 11) is 3.39. The molecule has 2 amide bonds. The van der Waals surface area contributed by atoms with Crippen LogP contribution in [0.3, 0.4) is 0 Å². The van der Waals surface area contributed by atoms with E-state index in [4.69, 9.17) is 10.5 Å². The minimum absolute atomic E-state index is 0.0574. The summed E-state index contributed by atoms with van der Waals surface area (Å²) in [6.07, 6.45) is 0. The predicted octanol–water partition coefficient (Wildman–Crippen LogP) is -2.14. The van der Waals surface area contributed by atoms with Crippen molar-refractivity contribution in [1.29, 1.82) is 0 Å². The zero-order chi connectivity index (χ0) is 14.2. The number of nitrogens with two attached hydrogens (primary N) is 1. The van der Waals surface area contributed by atoms with Crippen molar-refractivity contribution in [2.75, 3.05) is 40.3 Å². The monoisotopic (exact) mass is 261 g/mol. The van der Waals surface area contributed by atoms with E-state index in [0.29, 0.717) is 0 Å². The third-order valence-electron chi connectivity index (χ3n) is 1.87. The second-order valence-corrected chi connectivity index (χ2v) is 3.95. The Hall–Kier alpha value is -1.22. The van der Waals surface area contributed by atoms with Gasteiger partial charge in [0.15, 0.2) is 0 Å². The number of ether oxygens (including phenoxy) is 1. The fourth-order valence-electron chi connectivity index (χ4n) is 1.19. The van der Waals surface area contributed by atoms with E-state index in [0.717, 1.165) is 0 Å². The summed E-state index contributed by atoms with van der Waals surface area (Å²) in [5.41, 5.74) is 5.09. The van der Waals surface area contributed by atoms with E-state index < -0.39 is 17.7 Å². The van der Waals surface area contributed by atoms with Crippen molar-refractivity contribution in [2.24, 2.45) is 5.73 Å². The number of rotatable bonds is 8. The number of nitrogens with one attached hydrogen (secondary N) is 2. The van der Waals surface area contributed by atoms with Gasteiger partial charge in [0, 0.05) is 6.61 Å². The van der Waals surface area contributed by atoms with Crippen molar-refractivity contribution in [1.82, 2.24) is 15.5 Å². The van der Waals surface area contributed by atoms with Crippen molar-refractivity contribution in [3.63, 3.8) is 0 Å². The lowest BCUT2D eigenvalue weighted by atomic mass is 10.4. The maximum atomic E-state index is 12.1. The second-order valence-electron chi connectivity index (χ2n) is 3.95. The van der Waals surface area contributed by atoms with E-state index in [9.17, 15) is 14.7 Å². The van der Waals surface area contributed by atoms with Crippen LogP contribution in [0.2, 0.25) is 0 Å². The van der Waals surface area contributed by atoms with Crippen molar-refractivity contribution in [3.05, 3.63) is 0 Å². The first-order chi connectivity index (χ1) is 8.33. The molecule has 0 saturated carbocycles. The van der Waals surface area contributed by atoms with E-state index in [2.05, 4.69) is 10.6 Å². The summed E-state index contributed by atoms with van der Waals surface area (Å²) < 4.78 is 4.92. The summed E-state index contributed by atoms with van der Waals surface area (Å²) in [5, 5.41) is 16.6. The minimum atomic E-state index is -2.17. The van der Waals surface area contributed by atoms with Crippen LogP contribution in [0.5, 0.6) is 0 Å².